The number of alkyl halides is 1. The molecule has 1 heterocycles. The molecule has 1 aromatic rings. The molecule has 0 amide bonds. The highest BCUT2D eigenvalue weighted by atomic mass is 35.5. The van der Waals surface area contributed by atoms with Crippen LogP contribution in [0.2, 0.25) is 0 Å². The lowest BCUT2D eigenvalue weighted by Crippen LogP contribution is -2.50. The number of nitrogens with one attached hydrogen (secondary N) is 1. The van der Waals surface area contributed by atoms with Crippen LogP contribution in [-0.4, -0.2) is 26.2 Å². The van der Waals surface area contributed by atoms with Crippen LogP contribution in [0, 0.1) is 5.92 Å². The van der Waals surface area contributed by atoms with Gasteiger partial charge in [0.1, 0.15) is 12.2 Å². The van der Waals surface area contributed by atoms with Crippen molar-refractivity contribution in [1.29, 1.82) is 0 Å². The van der Waals surface area contributed by atoms with Gasteiger partial charge in [-0.3, -0.25) is 4.68 Å². The Bertz CT molecular complexity index is 365. The largest absolute Gasteiger partial charge is 0.303 e. The van der Waals surface area contributed by atoms with Crippen molar-refractivity contribution in [3.05, 3.63) is 12.2 Å². The summed E-state index contributed by atoms with van der Waals surface area (Å²) < 4.78 is 1.81. The lowest BCUT2D eigenvalue weighted by atomic mass is 9.77. The minimum atomic E-state index is 0.0885. The van der Waals surface area contributed by atoms with Crippen LogP contribution in [0.15, 0.2) is 6.33 Å². The molecule has 0 saturated heterocycles. The Hall–Kier alpha value is -0.610. The zero-order valence-electron chi connectivity index (χ0n) is 10.6. The van der Waals surface area contributed by atoms with Gasteiger partial charge in [0.2, 0.25) is 0 Å². The molecule has 2 atom stereocenters. The van der Waals surface area contributed by atoms with Crippen LogP contribution in [0.1, 0.15) is 38.4 Å². The fourth-order valence-corrected chi connectivity index (χ4v) is 3.07. The van der Waals surface area contributed by atoms with Crippen LogP contribution in [0.3, 0.4) is 0 Å². The van der Waals surface area contributed by atoms with E-state index in [1.807, 2.05) is 7.05 Å². The number of aromatic nitrogens is 3. The molecular weight excluding hydrogens is 236 g/mol. The summed E-state index contributed by atoms with van der Waals surface area (Å²) in [7, 11) is 1.92. The van der Waals surface area contributed by atoms with Crippen molar-refractivity contribution in [3.63, 3.8) is 0 Å². The fraction of sp³-hybridized carbons (Fsp3) is 0.833. The third-order valence-electron chi connectivity index (χ3n) is 3.77. The molecule has 1 aliphatic rings. The Kier molecular flexibility index (Phi) is 4.05. The minimum absolute atomic E-state index is 0.0885. The highest BCUT2D eigenvalue weighted by Crippen LogP contribution is 2.33. The van der Waals surface area contributed by atoms with Crippen LogP contribution >= 0.6 is 11.6 Å². The summed E-state index contributed by atoms with van der Waals surface area (Å²) in [6, 6.07) is 0. The van der Waals surface area contributed by atoms with Gasteiger partial charge >= 0.3 is 0 Å². The predicted octanol–water partition coefficient (Wildman–Crippen LogP) is 2.09. The van der Waals surface area contributed by atoms with Crippen molar-refractivity contribution < 1.29 is 0 Å². The van der Waals surface area contributed by atoms with Crippen molar-refractivity contribution in [2.45, 2.75) is 44.7 Å². The third-order valence-corrected chi connectivity index (χ3v) is 4.29. The molecule has 1 N–H and O–H groups in total. The van der Waals surface area contributed by atoms with Gasteiger partial charge in [0.25, 0.3) is 0 Å². The SMILES string of the molecule is CC1CCCC(CCl)(NCc2ncnn2C)C1. The Morgan fingerprint density at radius 2 is 2.47 bits per heavy atom. The summed E-state index contributed by atoms with van der Waals surface area (Å²) in [4.78, 5) is 4.23. The Morgan fingerprint density at radius 1 is 1.65 bits per heavy atom. The second-order valence-electron chi connectivity index (χ2n) is 5.27. The molecule has 0 aromatic carbocycles. The van der Waals surface area contributed by atoms with E-state index in [0.29, 0.717) is 5.88 Å². The second-order valence-corrected chi connectivity index (χ2v) is 5.54. The second kappa shape index (κ2) is 5.36. The van der Waals surface area contributed by atoms with Gasteiger partial charge in [-0.15, -0.1) is 11.6 Å². The summed E-state index contributed by atoms with van der Waals surface area (Å²) in [6.07, 6.45) is 6.50. The van der Waals surface area contributed by atoms with Crippen molar-refractivity contribution in [2.24, 2.45) is 13.0 Å². The average Bonchev–Trinajstić information content (AvgIpc) is 2.72. The van der Waals surface area contributed by atoms with Crippen molar-refractivity contribution >= 4 is 11.6 Å². The van der Waals surface area contributed by atoms with Gasteiger partial charge in [-0.2, -0.15) is 5.10 Å². The normalized spacial score (nSPS) is 29.5. The molecule has 4 nitrogen and oxygen atoms in total. The standard InChI is InChI=1S/C12H21ClN4/c1-10-4-3-5-12(6-10,8-13)15-7-11-14-9-16-17(11)2/h9-10,15H,3-8H2,1-2H3. The molecule has 1 saturated carbocycles. The summed E-state index contributed by atoms with van der Waals surface area (Å²) in [6.45, 7) is 3.06. The summed E-state index contributed by atoms with van der Waals surface area (Å²) in [5, 5.41) is 7.68. The average molecular weight is 257 g/mol. The highest BCUT2D eigenvalue weighted by Gasteiger charge is 2.33. The zero-order chi connectivity index (χ0) is 12.3. The van der Waals surface area contributed by atoms with E-state index < -0.39 is 0 Å². The maximum absolute atomic E-state index is 6.18. The van der Waals surface area contributed by atoms with E-state index in [-0.39, 0.29) is 5.54 Å². The van der Waals surface area contributed by atoms with Gasteiger partial charge in [-0.05, 0) is 18.8 Å². The van der Waals surface area contributed by atoms with Crippen LogP contribution in [0.5, 0.6) is 0 Å². The first kappa shape index (κ1) is 12.8. The first-order valence-corrected chi connectivity index (χ1v) is 6.82. The Labute approximate surface area is 108 Å². The van der Waals surface area contributed by atoms with E-state index in [9.17, 15) is 0 Å². The van der Waals surface area contributed by atoms with Crippen LogP contribution in [0.4, 0.5) is 0 Å². The minimum Gasteiger partial charge on any atom is -0.303 e. The summed E-state index contributed by atoms with van der Waals surface area (Å²) >= 11 is 6.18. The van der Waals surface area contributed by atoms with Gasteiger partial charge in [-0.1, -0.05) is 19.8 Å². The smallest absolute Gasteiger partial charge is 0.140 e. The van der Waals surface area contributed by atoms with Crippen LogP contribution < -0.4 is 5.32 Å². The third kappa shape index (κ3) is 2.99. The van der Waals surface area contributed by atoms with Crippen molar-refractivity contribution in [2.75, 3.05) is 5.88 Å². The van der Waals surface area contributed by atoms with Crippen molar-refractivity contribution in [3.8, 4) is 0 Å². The molecular formula is C12H21ClN4. The number of rotatable bonds is 4. The maximum Gasteiger partial charge on any atom is 0.140 e. The quantitative estimate of drug-likeness (QED) is 0.839. The number of nitrogens with zero attached hydrogens (tertiary/aromatic N) is 3. The molecule has 1 fully saturated rings. The monoisotopic (exact) mass is 256 g/mol. The molecule has 0 radical (unpaired) electrons. The Balaban J connectivity index is 1.97. The predicted molar refractivity (Wildman–Crippen MR) is 68.9 cm³/mol. The zero-order valence-corrected chi connectivity index (χ0v) is 11.4. The fourth-order valence-electron chi connectivity index (χ4n) is 2.74. The van der Waals surface area contributed by atoms with E-state index in [1.165, 1.54) is 19.3 Å². The van der Waals surface area contributed by atoms with Crippen LogP contribution in [0.25, 0.3) is 0 Å². The molecule has 0 spiro atoms. The number of halogens is 1. The van der Waals surface area contributed by atoms with E-state index in [0.717, 1.165) is 24.7 Å². The van der Waals surface area contributed by atoms with E-state index in [4.69, 9.17) is 11.6 Å². The number of hydrogen-bond acceptors (Lipinski definition) is 3. The molecule has 5 heteroatoms. The van der Waals surface area contributed by atoms with E-state index in [2.05, 4.69) is 22.3 Å². The molecule has 0 aliphatic heterocycles. The van der Waals surface area contributed by atoms with Crippen molar-refractivity contribution in [1.82, 2.24) is 20.1 Å². The molecule has 96 valence electrons. The lowest BCUT2D eigenvalue weighted by molar-refractivity contribution is 0.205. The topological polar surface area (TPSA) is 42.7 Å². The molecule has 0 bridgehead atoms. The maximum atomic E-state index is 6.18. The summed E-state index contributed by atoms with van der Waals surface area (Å²) in [5.41, 5.74) is 0.0885. The van der Waals surface area contributed by atoms with Gasteiger partial charge in [-0.25, -0.2) is 4.98 Å². The molecule has 2 unspecified atom stereocenters. The number of hydrogen-bond donors (Lipinski definition) is 1. The molecule has 1 aliphatic carbocycles. The van der Waals surface area contributed by atoms with Gasteiger partial charge < -0.3 is 5.32 Å². The first-order valence-electron chi connectivity index (χ1n) is 6.29. The van der Waals surface area contributed by atoms with E-state index >= 15 is 0 Å². The number of aryl methyl sites for hydroxylation is 1. The highest BCUT2D eigenvalue weighted by molar-refractivity contribution is 6.18. The van der Waals surface area contributed by atoms with E-state index in [1.54, 1.807) is 11.0 Å². The molecule has 17 heavy (non-hydrogen) atoms. The van der Waals surface area contributed by atoms with Crippen LogP contribution in [-0.2, 0) is 13.6 Å². The Morgan fingerprint density at radius 3 is 3.06 bits per heavy atom. The first-order chi connectivity index (χ1) is 8.15. The summed E-state index contributed by atoms with van der Waals surface area (Å²) in [5.74, 6) is 2.40. The van der Waals surface area contributed by atoms with Gasteiger partial charge in [0, 0.05) is 18.5 Å². The lowest BCUT2D eigenvalue weighted by Gasteiger charge is -2.39. The van der Waals surface area contributed by atoms with Gasteiger partial charge in [0.05, 0.1) is 6.54 Å². The van der Waals surface area contributed by atoms with Gasteiger partial charge in [0.15, 0.2) is 0 Å². The molecule has 1 aromatic heterocycles. The molecule has 2 rings (SSSR count).